The number of benzene rings is 2. The van der Waals surface area contributed by atoms with E-state index in [1.54, 1.807) is 19.1 Å². The summed E-state index contributed by atoms with van der Waals surface area (Å²) in [4.78, 5) is 66.6. The second-order valence-corrected chi connectivity index (χ2v) is 10.7. The molecule has 2 aromatic rings. The number of allylic oxidation sites excluding steroid dienone is 6. The zero-order valence-electron chi connectivity index (χ0n) is 22.1. The Hall–Kier alpha value is -4.99. The number of carboxylic acid groups (broad SMARTS) is 1. The lowest BCUT2D eigenvalue weighted by atomic mass is 9.59. The number of aromatic hydroxyl groups is 2. The number of Topliss-reactive ketones (excluding diaryl/α,β-unsaturated/α-hetero) is 1. The van der Waals surface area contributed by atoms with Crippen LogP contribution in [0.25, 0.3) is 0 Å². The van der Waals surface area contributed by atoms with Gasteiger partial charge in [-0.3, -0.25) is 19.2 Å². The molecule has 2 amide bonds. The van der Waals surface area contributed by atoms with E-state index in [9.17, 15) is 39.3 Å². The van der Waals surface area contributed by atoms with Crippen molar-refractivity contribution < 1.29 is 44.0 Å². The highest BCUT2D eigenvalue weighted by Crippen LogP contribution is 2.56. The molecule has 10 heteroatoms. The summed E-state index contributed by atoms with van der Waals surface area (Å²) in [5.74, 6) is -6.43. The van der Waals surface area contributed by atoms with Crippen molar-refractivity contribution in [3.63, 3.8) is 0 Å². The van der Waals surface area contributed by atoms with Crippen LogP contribution in [0.1, 0.15) is 41.6 Å². The number of rotatable bonds is 4. The van der Waals surface area contributed by atoms with Crippen LogP contribution >= 0.6 is 0 Å². The Bertz CT molecular complexity index is 1690. The third-order valence-corrected chi connectivity index (χ3v) is 8.58. The number of aromatic carboxylic acids is 1. The molecule has 0 saturated carbocycles. The number of phenols is 2. The van der Waals surface area contributed by atoms with Gasteiger partial charge in [-0.15, -0.1) is 0 Å². The topological polar surface area (TPSA) is 159 Å². The van der Waals surface area contributed by atoms with Gasteiger partial charge in [0.1, 0.15) is 22.8 Å². The van der Waals surface area contributed by atoms with E-state index < -0.39 is 47.2 Å². The summed E-state index contributed by atoms with van der Waals surface area (Å²) < 4.78 is 5.36. The number of amides is 2. The van der Waals surface area contributed by atoms with Gasteiger partial charge >= 0.3 is 5.97 Å². The number of carbonyl (C=O) groups excluding carboxylic acids is 4. The fourth-order valence-electron chi connectivity index (χ4n) is 6.72. The molecule has 1 saturated heterocycles. The predicted molar refractivity (Wildman–Crippen MR) is 144 cm³/mol. The van der Waals surface area contributed by atoms with E-state index >= 15 is 0 Å². The van der Waals surface area contributed by atoms with Gasteiger partial charge in [0.05, 0.1) is 24.6 Å². The van der Waals surface area contributed by atoms with Crippen molar-refractivity contribution in [2.75, 3.05) is 12.0 Å². The fraction of sp³-hybridized carbons (Fsp3) is 0.258. The molecule has 4 aliphatic rings. The summed E-state index contributed by atoms with van der Waals surface area (Å²) in [5.41, 5.74) is 1.45. The summed E-state index contributed by atoms with van der Waals surface area (Å²) in [6.07, 6.45) is 3.35. The lowest BCUT2D eigenvalue weighted by Crippen LogP contribution is -2.39. The zero-order valence-corrected chi connectivity index (χ0v) is 22.1. The van der Waals surface area contributed by atoms with Gasteiger partial charge in [0, 0.05) is 34.3 Å². The highest BCUT2D eigenvalue weighted by atomic mass is 16.5. The third-order valence-electron chi connectivity index (χ3n) is 8.58. The first-order valence-corrected chi connectivity index (χ1v) is 13.0. The molecular weight excluding hydrogens is 530 g/mol. The van der Waals surface area contributed by atoms with Gasteiger partial charge in [-0.05, 0) is 62.1 Å². The molecule has 10 nitrogen and oxygen atoms in total. The summed E-state index contributed by atoms with van der Waals surface area (Å²) in [6.45, 7) is 1.55. The van der Waals surface area contributed by atoms with E-state index in [0.29, 0.717) is 16.9 Å². The van der Waals surface area contributed by atoms with Crippen molar-refractivity contribution in [3.05, 3.63) is 82.0 Å². The minimum absolute atomic E-state index is 0.0406. The second kappa shape index (κ2) is 9.29. The first-order chi connectivity index (χ1) is 19.5. The van der Waals surface area contributed by atoms with Gasteiger partial charge in [0.2, 0.25) is 11.8 Å². The van der Waals surface area contributed by atoms with Crippen LogP contribution in [0, 0.1) is 17.8 Å². The van der Waals surface area contributed by atoms with Crippen LogP contribution in [0.15, 0.2) is 70.8 Å². The molecule has 4 atom stereocenters. The summed E-state index contributed by atoms with van der Waals surface area (Å²) in [5, 5.41) is 30.4. The summed E-state index contributed by atoms with van der Waals surface area (Å²) in [6, 6.07) is 8.10. The lowest BCUT2D eigenvalue weighted by molar-refractivity contribution is -0.123. The van der Waals surface area contributed by atoms with Crippen molar-refractivity contribution in [2.24, 2.45) is 17.8 Å². The Kier molecular flexibility index (Phi) is 5.95. The molecule has 0 aromatic heterocycles. The maximum atomic E-state index is 13.9. The number of phenolic OH excluding ortho intramolecular Hbond substituents is 1. The smallest absolute Gasteiger partial charge is 0.339 e. The molecule has 0 radical (unpaired) electrons. The number of ether oxygens (including phenoxy) is 1. The molecule has 3 aliphatic carbocycles. The van der Waals surface area contributed by atoms with E-state index in [4.69, 9.17) is 4.74 Å². The van der Waals surface area contributed by atoms with E-state index in [2.05, 4.69) is 0 Å². The number of carboxylic acids is 1. The van der Waals surface area contributed by atoms with Crippen LogP contribution < -0.4 is 9.64 Å². The number of ketones is 2. The highest BCUT2D eigenvalue weighted by Gasteiger charge is 2.57. The van der Waals surface area contributed by atoms with E-state index in [1.165, 1.54) is 25.3 Å². The fourth-order valence-corrected chi connectivity index (χ4v) is 6.72. The molecule has 6 rings (SSSR count). The van der Waals surface area contributed by atoms with Gasteiger partial charge in [0.25, 0.3) is 0 Å². The maximum absolute atomic E-state index is 13.9. The maximum Gasteiger partial charge on any atom is 0.339 e. The largest absolute Gasteiger partial charge is 0.508 e. The number of methoxy groups -OCH3 is 1. The Labute approximate surface area is 233 Å². The van der Waals surface area contributed by atoms with Crippen LogP contribution in [-0.4, -0.2) is 51.8 Å². The number of hydrogen-bond acceptors (Lipinski definition) is 8. The first-order valence-electron chi connectivity index (χ1n) is 13.0. The van der Waals surface area contributed by atoms with E-state index in [-0.39, 0.29) is 58.1 Å². The standard InChI is InChI=1S/C31H25NO9/c1-13-9-24(35)27-21(28(13)36)12-19-16(25(27)20-11-15(41-2)4-8-22(20)33)6-7-18-26(19)30(38)32(29(18)37)14-3-5-17(31(39)40)23(34)10-14/h3-6,8-11,18-19,25-26,33-34H,7,12H2,1-2H3,(H,39,40). The Morgan fingerprint density at radius 3 is 2.41 bits per heavy atom. The monoisotopic (exact) mass is 555 g/mol. The van der Waals surface area contributed by atoms with E-state index in [1.807, 2.05) is 6.08 Å². The van der Waals surface area contributed by atoms with Crippen molar-refractivity contribution in [1.82, 2.24) is 0 Å². The highest BCUT2D eigenvalue weighted by molar-refractivity contribution is 6.25. The van der Waals surface area contributed by atoms with Crippen LogP contribution in [0.4, 0.5) is 5.69 Å². The van der Waals surface area contributed by atoms with Crippen molar-refractivity contribution in [2.45, 2.75) is 25.7 Å². The lowest BCUT2D eigenvalue weighted by Gasteiger charge is -2.42. The molecule has 2 aromatic carbocycles. The Morgan fingerprint density at radius 1 is 0.976 bits per heavy atom. The Morgan fingerprint density at radius 2 is 1.73 bits per heavy atom. The minimum Gasteiger partial charge on any atom is -0.508 e. The molecule has 0 spiro atoms. The van der Waals surface area contributed by atoms with Gasteiger partial charge in [-0.2, -0.15) is 0 Å². The van der Waals surface area contributed by atoms with Gasteiger partial charge in [0.15, 0.2) is 11.6 Å². The van der Waals surface area contributed by atoms with Gasteiger partial charge in [-0.25, -0.2) is 9.69 Å². The van der Waals surface area contributed by atoms with Gasteiger partial charge < -0.3 is 20.1 Å². The van der Waals surface area contributed by atoms with Crippen LogP contribution in [-0.2, 0) is 19.2 Å². The SMILES string of the molecule is COc1ccc(O)c(C2C3=CCC4C(=O)N(c5ccc(C(=O)O)c(O)c5)C(=O)C4C3CC3=C2C(=O)C=C(C)C3=O)c1. The van der Waals surface area contributed by atoms with E-state index in [0.717, 1.165) is 17.0 Å². The first kappa shape index (κ1) is 26.2. The van der Waals surface area contributed by atoms with Crippen molar-refractivity contribution in [3.8, 4) is 17.2 Å². The van der Waals surface area contributed by atoms with Crippen molar-refractivity contribution >= 4 is 35.0 Å². The summed E-state index contributed by atoms with van der Waals surface area (Å²) in [7, 11) is 1.47. The Balaban J connectivity index is 1.48. The van der Waals surface area contributed by atoms with Gasteiger partial charge in [-0.1, -0.05) is 11.6 Å². The second-order valence-electron chi connectivity index (χ2n) is 10.7. The quantitative estimate of drug-likeness (QED) is 0.292. The van der Waals surface area contributed by atoms with Crippen LogP contribution in [0.3, 0.4) is 0 Å². The number of fused-ring (bicyclic) bond motifs is 3. The molecule has 0 bridgehead atoms. The third kappa shape index (κ3) is 3.81. The predicted octanol–water partition coefficient (Wildman–Crippen LogP) is 3.44. The normalized spacial score (nSPS) is 25.4. The molecule has 1 heterocycles. The minimum atomic E-state index is -1.36. The molecule has 4 unspecified atom stereocenters. The number of carbonyl (C=O) groups is 5. The zero-order chi connectivity index (χ0) is 29.3. The number of anilines is 1. The number of nitrogens with zero attached hydrogens (tertiary/aromatic N) is 1. The van der Waals surface area contributed by atoms with Crippen molar-refractivity contribution in [1.29, 1.82) is 0 Å². The average molecular weight is 556 g/mol. The van der Waals surface area contributed by atoms with Crippen LogP contribution in [0.5, 0.6) is 17.2 Å². The molecule has 3 N–H and O–H groups in total. The molecular formula is C31H25NO9. The molecule has 208 valence electrons. The average Bonchev–Trinajstić information content (AvgIpc) is 3.20. The van der Waals surface area contributed by atoms with Crippen LogP contribution in [0.2, 0.25) is 0 Å². The number of imide groups is 1. The molecule has 1 aliphatic heterocycles. The summed E-state index contributed by atoms with van der Waals surface area (Å²) >= 11 is 0. The molecule has 1 fully saturated rings. The number of hydrogen-bond donors (Lipinski definition) is 3. The molecule has 41 heavy (non-hydrogen) atoms.